The van der Waals surface area contributed by atoms with Crippen molar-refractivity contribution in [1.82, 2.24) is 0 Å². The second kappa shape index (κ2) is 2.68. The van der Waals surface area contributed by atoms with Crippen LogP contribution in [0.2, 0.25) is 0 Å². The molecule has 0 saturated carbocycles. The van der Waals surface area contributed by atoms with E-state index in [1.165, 1.54) is 6.92 Å². The molecule has 0 aromatic carbocycles. The minimum Gasteiger partial charge on any atom is -0.263 e. The second-order valence-electron chi connectivity index (χ2n) is 1.56. The Morgan fingerprint density at radius 3 is 2.38 bits per heavy atom. The van der Waals surface area contributed by atoms with E-state index in [9.17, 15) is 10.1 Å². The van der Waals surface area contributed by atoms with E-state index in [2.05, 4.69) is 28.6 Å². The Bertz CT molecular complexity index is 105. The van der Waals surface area contributed by atoms with E-state index in [-0.39, 0.29) is 5.75 Å². The molecule has 0 aliphatic heterocycles. The van der Waals surface area contributed by atoms with Crippen molar-refractivity contribution in [2.45, 2.75) is 11.4 Å². The molecule has 0 aliphatic rings. The second-order valence-corrected chi connectivity index (χ2v) is 3.58. The van der Waals surface area contributed by atoms with Gasteiger partial charge in [-0.3, -0.25) is 10.1 Å². The first-order valence-corrected chi connectivity index (χ1v) is 3.37. The monoisotopic (exact) mass is 199 g/mol. The van der Waals surface area contributed by atoms with Gasteiger partial charge in [-0.2, -0.15) is 12.6 Å². The van der Waals surface area contributed by atoms with Gasteiger partial charge in [0.2, 0.25) is 0 Å². The van der Waals surface area contributed by atoms with E-state index in [0.29, 0.717) is 0 Å². The van der Waals surface area contributed by atoms with Crippen LogP contribution in [-0.4, -0.2) is 15.1 Å². The first-order valence-electron chi connectivity index (χ1n) is 1.95. The average Bonchev–Trinajstić information content (AvgIpc) is 1.67. The number of nitrogens with zero attached hydrogens (tertiary/aromatic N) is 1. The zero-order valence-electron chi connectivity index (χ0n) is 4.30. The van der Waals surface area contributed by atoms with E-state index >= 15 is 0 Å². The third kappa shape index (κ3) is 2.00. The van der Waals surface area contributed by atoms with E-state index in [4.69, 9.17) is 0 Å². The maximum atomic E-state index is 9.96. The summed E-state index contributed by atoms with van der Waals surface area (Å²) in [6, 6.07) is 0. The fourth-order valence-corrected chi connectivity index (χ4v) is 0.173. The Labute approximate surface area is 61.1 Å². The van der Waals surface area contributed by atoms with Crippen LogP contribution in [0.3, 0.4) is 0 Å². The van der Waals surface area contributed by atoms with Gasteiger partial charge in [-0.25, -0.2) is 0 Å². The number of hydrogen-bond acceptors (Lipinski definition) is 3. The van der Waals surface area contributed by atoms with E-state index in [1.807, 2.05) is 0 Å². The molecular weight excluding hydrogens is 194 g/mol. The molecule has 0 aliphatic carbocycles. The SMILES string of the molecule is CC(Br)(CS)[N+](=O)[O-]. The summed E-state index contributed by atoms with van der Waals surface area (Å²) in [6.45, 7) is 1.46. The summed E-state index contributed by atoms with van der Waals surface area (Å²) in [5.41, 5.74) is 0. The maximum Gasteiger partial charge on any atom is 0.280 e. The van der Waals surface area contributed by atoms with Crippen LogP contribution < -0.4 is 0 Å². The molecule has 3 nitrogen and oxygen atoms in total. The van der Waals surface area contributed by atoms with Crippen molar-refractivity contribution in [3.63, 3.8) is 0 Å². The van der Waals surface area contributed by atoms with Crippen molar-refractivity contribution < 1.29 is 4.92 Å². The van der Waals surface area contributed by atoms with Crippen LogP contribution in [0.15, 0.2) is 0 Å². The molecule has 0 amide bonds. The van der Waals surface area contributed by atoms with Gasteiger partial charge in [-0.15, -0.1) is 0 Å². The van der Waals surface area contributed by atoms with Crippen LogP contribution in [0.4, 0.5) is 0 Å². The Balaban J connectivity index is 3.91. The molecule has 0 heterocycles. The van der Waals surface area contributed by atoms with Crippen LogP contribution in [0.1, 0.15) is 6.92 Å². The fourth-order valence-electron chi connectivity index (χ4n) is 0.0577. The Morgan fingerprint density at radius 2 is 2.38 bits per heavy atom. The molecule has 8 heavy (non-hydrogen) atoms. The van der Waals surface area contributed by atoms with Crippen LogP contribution in [0.25, 0.3) is 0 Å². The summed E-state index contributed by atoms with van der Waals surface area (Å²) >= 11 is 6.62. The van der Waals surface area contributed by atoms with Gasteiger partial charge in [0.25, 0.3) is 4.45 Å². The lowest BCUT2D eigenvalue weighted by molar-refractivity contribution is -0.524. The highest BCUT2D eigenvalue weighted by molar-refractivity contribution is 9.10. The normalized spacial score (nSPS) is 17.4. The minimum atomic E-state index is -1.06. The number of nitro groups is 1. The minimum absolute atomic E-state index is 0.194. The number of hydrogen-bond donors (Lipinski definition) is 1. The van der Waals surface area contributed by atoms with Gasteiger partial charge in [-0.05, 0) is 0 Å². The first kappa shape index (κ1) is 8.23. The van der Waals surface area contributed by atoms with Crippen molar-refractivity contribution in [2.24, 2.45) is 0 Å². The lowest BCUT2D eigenvalue weighted by Gasteiger charge is -2.07. The molecule has 0 fully saturated rings. The summed E-state index contributed by atoms with van der Waals surface area (Å²) in [4.78, 5) is 9.55. The smallest absolute Gasteiger partial charge is 0.263 e. The summed E-state index contributed by atoms with van der Waals surface area (Å²) < 4.78 is -1.06. The molecule has 1 unspecified atom stereocenters. The van der Waals surface area contributed by atoms with Crippen LogP contribution in [0, 0.1) is 10.1 Å². The quantitative estimate of drug-likeness (QED) is 0.240. The van der Waals surface area contributed by atoms with Crippen LogP contribution in [0.5, 0.6) is 0 Å². The Kier molecular flexibility index (Phi) is 2.76. The lowest BCUT2D eigenvalue weighted by atomic mass is 10.4. The molecule has 0 rings (SSSR count). The fraction of sp³-hybridized carbons (Fsp3) is 1.00. The molecule has 0 saturated heterocycles. The molecule has 48 valence electrons. The summed E-state index contributed by atoms with van der Waals surface area (Å²) in [5.74, 6) is 0.194. The highest BCUT2D eigenvalue weighted by Gasteiger charge is 2.30. The van der Waals surface area contributed by atoms with Crippen molar-refractivity contribution in [3.05, 3.63) is 10.1 Å². The third-order valence-corrected chi connectivity index (χ3v) is 2.29. The summed E-state index contributed by atoms with van der Waals surface area (Å²) in [6.07, 6.45) is 0. The maximum absolute atomic E-state index is 9.96. The molecular formula is C3H6BrNO2S. The van der Waals surface area contributed by atoms with Gasteiger partial charge in [0.15, 0.2) is 0 Å². The van der Waals surface area contributed by atoms with Gasteiger partial charge in [0.1, 0.15) is 0 Å². The van der Waals surface area contributed by atoms with E-state index < -0.39 is 9.37 Å². The molecule has 0 aromatic heterocycles. The van der Waals surface area contributed by atoms with Crippen molar-refractivity contribution >= 4 is 28.6 Å². The largest absolute Gasteiger partial charge is 0.280 e. The zero-order chi connectivity index (χ0) is 6.78. The topological polar surface area (TPSA) is 43.1 Å². The van der Waals surface area contributed by atoms with Crippen LogP contribution >= 0.6 is 28.6 Å². The Hall–Kier alpha value is 0.230. The molecule has 0 radical (unpaired) electrons. The van der Waals surface area contributed by atoms with Gasteiger partial charge in [-0.1, -0.05) is 0 Å². The predicted octanol–water partition coefficient (Wildman–Crippen LogP) is 1.30. The number of thiol groups is 1. The number of rotatable bonds is 2. The molecule has 1 atom stereocenters. The molecule has 0 bridgehead atoms. The van der Waals surface area contributed by atoms with Gasteiger partial charge in [0, 0.05) is 27.8 Å². The summed E-state index contributed by atoms with van der Waals surface area (Å²) in [7, 11) is 0. The van der Waals surface area contributed by atoms with Gasteiger partial charge < -0.3 is 0 Å². The number of halogens is 1. The predicted molar refractivity (Wildman–Crippen MR) is 38.2 cm³/mol. The van der Waals surface area contributed by atoms with Crippen molar-refractivity contribution in [3.8, 4) is 0 Å². The zero-order valence-corrected chi connectivity index (χ0v) is 6.78. The first-order chi connectivity index (χ1) is 3.50. The number of alkyl halides is 1. The third-order valence-electron chi connectivity index (χ3n) is 0.669. The molecule has 0 aromatic rings. The molecule has 0 N–H and O–H groups in total. The molecule has 0 spiro atoms. The lowest BCUT2D eigenvalue weighted by Crippen LogP contribution is -2.28. The van der Waals surface area contributed by atoms with Crippen molar-refractivity contribution in [1.29, 1.82) is 0 Å². The molecule has 5 heteroatoms. The summed E-state index contributed by atoms with van der Waals surface area (Å²) in [5, 5.41) is 9.96. The average molecular weight is 200 g/mol. The van der Waals surface area contributed by atoms with Gasteiger partial charge >= 0.3 is 0 Å². The van der Waals surface area contributed by atoms with Gasteiger partial charge in [0.05, 0.1) is 5.75 Å². The Morgan fingerprint density at radius 1 is 2.00 bits per heavy atom. The van der Waals surface area contributed by atoms with Crippen LogP contribution in [-0.2, 0) is 0 Å². The highest BCUT2D eigenvalue weighted by atomic mass is 79.9. The van der Waals surface area contributed by atoms with E-state index in [0.717, 1.165) is 0 Å². The van der Waals surface area contributed by atoms with E-state index in [1.54, 1.807) is 0 Å². The highest BCUT2D eigenvalue weighted by Crippen LogP contribution is 2.18. The van der Waals surface area contributed by atoms with Crippen molar-refractivity contribution in [2.75, 3.05) is 5.75 Å². The standard InChI is InChI=1S/C3H6BrNO2S/c1-3(4,2-8)5(6)7/h8H,2H2,1H3.